The van der Waals surface area contributed by atoms with E-state index >= 15 is 0 Å². The molecule has 1 rings (SSSR count). The van der Waals surface area contributed by atoms with Crippen LogP contribution in [-0.2, 0) is 4.74 Å². The molecule has 0 bridgehead atoms. The number of ether oxygens (including phenoxy) is 1. The third kappa shape index (κ3) is 10.7. The van der Waals surface area contributed by atoms with Gasteiger partial charge in [0, 0.05) is 24.4 Å². The highest BCUT2D eigenvalue weighted by Gasteiger charge is 2.20. The average molecular weight is 325 g/mol. The largest absolute Gasteiger partial charge is 0.372 e. The maximum absolute atomic E-state index is 11.2. The van der Waals surface area contributed by atoms with Crippen LogP contribution < -0.4 is 0 Å². The van der Waals surface area contributed by atoms with Crippen LogP contribution in [0.25, 0.3) is 0 Å². The minimum absolute atomic E-state index is 0.0733. The monoisotopic (exact) mass is 325 g/mol. The van der Waals surface area contributed by atoms with Crippen molar-refractivity contribution >= 4 is 0 Å². The highest BCUT2D eigenvalue weighted by Crippen LogP contribution is 2.24. The van der Waals surface area contributed by atoms with Crippen molar-refractivity contribution in [2.24, 2.45) is 0 Å². The number of rotatable bonds is 11. The van der Waals surface area contributed by atoms with Crippen molar-refractivity contribution in [2.45, 2.75) is 102 Å². The summed E-state index contributed by atoms with van der Waals surface area (Å²) in [5.74, 6) is 0. The van der Waals surface area contributed by atoms with Gasteiger partial charge in [0.25, 0.3) is 0 Å². The SMILES string of the molecule is [CH2]CCCCCCC(CCC[C]1CCCCCCCO1)[N+](=O)[O-]. The van der Waals surface area contributed by atoms with Gasteiger partial charge in [0.15, 0.2) is 0 Å². The molecule has 1 aliphatic rings. The highest BCUT2D eigenvalue weighted by molar-refractivity contribution is 4.79. The number of nitrogens with zero attached hydrogens (tertiary/aromatic N) is 1. The summed E-state index contributed by atoms with van der Waals surface area (Å²) in [4.78, 5) is 11.1. The van der Waals surface area contributed by atoms with E-state index in [1.165, 1.54) is 31.8 Å². The fourth-order valence-corrected chi connectivity index (χ4v) is 3.24. The van der Waals surface area contributed by atoms with E-state index in [1.54, 1.807) is 0 Å². The lowest BCUT2D eigenvalue weighted by atomic mass is 9.99. The lowest BCUT2D eigenvalue weighted by Gasteiger charge is -2.16. The average Bonchev–Trinajstić information content (AvgIpc) is 2.66. The van der Waals surface area contributed by atoms with Crippen LogP contribution in [0.4, 0.5) is 0 Å². The summed E-state index contributed by atoms with van der Waals surface area (Å²) in [6.45, 7) is 4.66. The quantitative estimate of drug-likeness (QED) is 0.271. The number of hydrogen-bond donors (Lipinski definition) is 0. The number of unbranched alkanes of at least 4 members (excludes halogenated alkanes) is 4. The second-order valence-corrected chi connectivity index (χ2v) is 6.79. The Morgan fingerprint density at radius 1 is 1.00 bits per heavy atom. The van der Waals surface area contributed by atoms with Crippen LogP contribution in [0.2, 0.25) is 0 Å². The summed E-state index contributed by atoms with van der Waals surface area (Å²) in [5, 5.41) is 11.2. The summed E-state index contributed by atoms with van der Waals surface area (Å²) < 4.78 is 5.87. The van der Waals surface area contributed by atoms with E-state index in [2.05, 4.69) is 6.92 Å². The molecular formula is C19H35NO3. The fraction of sp³-hybridized carbons (Fsp3) is 0.895. The van der Waals surface area contributed by atoms with Gasteiger partial charge in [-0.2, -0.15) is 0 Å². The van der Waals surface area contributed by atoms with Gasteiger partial charge in [0.05, 0.1) is 6.10 Å². The summed E-state index contributed by atoms with van der Waals surface area (Å²) >= 11 is 0. The van der Waals surface area contributed by atoms with E-state index in [4.69, 9.17) is 4.74 Å². The Kier molecular flexibility index (Phi) is 12.2. The molecule has 1 saturated heterocycles. The summed E-state index contributed by atoms with van der Waals surface area (Å²) in [6, 6.07) is -0.369. The molecule has 0 spiro atoms. The van der Waals surface area contributed by atoms with Gasteiger partial charge in [-0.15, -0.1) is 0 Å². The minimum atomic E-state index is -0.369. The van der Waals surface area contributed by atoms with Crippen LogP contribution in [0.1, 0.15) is 96.3 Å². The smallest absolute Gasteiger partial charge is 0.213 e. The Hall–Kier alpha value is -0.640. The molecule has 4 nitrogen and oxygen atoms in total. The molecule has 0 aliphatic carbocycles. The molecule has 1 atom stereocenters. The van der Waals surface area contributed by atoms with E-state index in [1.807, 2.05) is 0 Å². The topological polar surface area (TPSA) is 52.4 Å². The van der Waals surface area contributed by atoms with Crippen molar-refractivity contribution in [2.75, 3.05) is 6.61 Å². The van der Waals surface area contributed by atoms with Crippen LogP contribution >= 0.6 is 0 Å². The Bertz CT molecular complexity index is 286. The molecule has 0 aromatic rings. The zero-order valence-electron chi connectivity index (χ0n) is 14.8. The lowest BCUT2D eigenvalue weighted by molar-refractivity contribution is -0.524. The van der Waals surface area contributed by atoms with Crippen LogP contribution in [-0.4, -0.2) is 17.6 Å². The normalized spacial score (nSPS) is 18.8. The predicted molar refractivity (Wildman–Crippen MR) is 94.6 cm³/mol. The van der Waals surface area contributed by atoms with E-state index in [-0.39, 0.29) is 11.0 Å². The Balaban J connectivity index is 2.18. The first kappa shape index (κ1) is 20.4. The van der Waals surface area contributed by atoms with Crippen molar-refractivity contribution in [3.63, 3.8) is 0 Å². The third-order valence-corrected chi connectivity index (χ3v) is 4.73. The highest BCUT2D eigenvalue weighted by atomic mass is 16.6. The molecular weight excluding hydrogens is 290 g/mol. The van der Waals surface area contributed by atoms with E-state index < -0.39 is 0 Å². The van der Waals surface area contributed by atoms with Gasteiger partial charge >= 0.3 is 0 Å². The molecule has 1 heterocycles. The zero-order valence-corrected chi connectivity index (χ0v) is 14.8. The number of hydrogen-bond acceptors (Lipinski definition) is 3. The minimum Gasteiger partial charge on any atom is -0.372 e. The molecule has 0 aromatic carbocycles. The van der Waals surface area contributed by atoms with Crippen LogP contribution in [0, 0.1) is 23.1 Å². The van der Waals surface area contributed by atoms with Crippen molar-refractivity contribution in [3.05, 3.63) is 23.1 Å². The number of nitro groups is 1. The first-order valence-electron chi connectivity index (χ1n) is 9.64. The molecule has 0 amide bonds. The van der Waals surface area contributed by atoms with Gasteiger partial charge < -0.3 is 4.74 Å². The molecule has 23 heavy (non-hydrogen) atoms. The van der Waals surface area contributed by atoms with Gasteiger partial charge in [-0.05, 0) is 32.1 Å². The van der Waals surface area contributed by atoms with Gasteiger partial charge in [-0.25, -0.2) is 0 Å². The van der Waals surface area contributed by atoms with Crippen molar-refractivity contribution in [3.8, 4) is 0 Å². The second-order valence-electron chi connectivity index (χ2n) is 6.79. The molecule has 0 saturated carbocycles. The predicted octanol–water partition coefficient (Wildman–Crippen LogP) is 5.88. The van der Waals surface area contributed by atoms with Crippen molar-refractivity contribution in [1.29, 1.82) is 0 Å². The maximum Gasteiger partial charge on any atom is 0.213 e. The molecule has 2 radical (unpaired) electrons. The fourth-order valence-electron chi connectivity index (χ4n) is 3.24. The zero-order chi connectivity index (χ0) is 16.8. The van der Waals surface area contributed by atoms with Crippen molar-refractivity contribution < 1.29 is 9.66 Å². The molecule has 0 aromatic heterocycles. The molecule has 0 N–H and O–H groups in total. The van der Waals surface area contributed by atoms with Gasteiger partial charge in [-0.3, -0.25) is 10.1 Å². The first-order chi connectivity index (χ1) is 11.2. The third-order valence-electron chi connectivity index (χ3n) is 4.73. The lowest BCUT2D eigenvalue weighted by Crippen LogP contribution is -2.19. The molecule has 1 aliphatic heterocycles. The van der Waals surface area contributed by atoms with Crippen LogP contribution in [0.5, 0.6) is 0 Å². The molecule has 134 valence electrons. The van der Waals surface area contributed by atoms with E-state index in [9.17, 15) is 10.1 Å². The van der Waals surface area contributed by atoms with Crippen LogP contribution in [0.15, 0.2) is 0 Å². The standard InChI is InChI=1S/C19H35NO3/c1-2-3-4-6-9-13-18(20(21)22)14-12-16-19-15-10-7-5-8-11-17-23-19/h18H,1-17H2. The van der Waals surface area contributed by atoms with Gasteiger partial charge in [0.2, 0.25) is 6.04 Å². The first-order valence-corrected chi connectivity index (χ1v) is 9.64. The maximum atomic E-state index is 11.2. The molecule has 4 heteroatoms. The Morgan fingerprint density at radius 2 is 1.70 bits per heavy atom. The van der Waals surface area contributed by atoms with Gasteiger partial charge in [0.1, 0.15) is 0 Å². The van der Waals surface area contributed by atoms with E-state index in [0.29, 0.717) is 6.42 Å². The Labute approximate surface area is 142 Å². The Morgan fingerprint density at radius 3 is 2.48 bits per heavy atom. The van der Waals surface area contributed by atoms with E-state index in [0.717, 1.165) is 70.8 Å². The van der Waals surface area contributed by atoms with Crippen molar-refractivity contribution in [1.82, 2.24) is 0 Å². The summed E-state index contributed by atoms with van der Waals surface area (Å²) in [6.07, 6.45) is 17.0. The summed E-state index contributed by atoms with van der Waals surface area (Å²) in [5.41, 5.74) is 0. The second kappa shape index (κ2) is 13.8. The van der Waals surface area contributed by atoms with Crippen LogP contribution in [0.3, 0.4) is 0 Å². The summed E-state index contributed by atoms with van der Waals surface area (Å²) in [7, 11) is 0. The molecule has 1 fully saturated rings. The van der Waals surface area contributed by atoms with Gasteiger partial charge in [-0.1, -0.05) is 58.3 Å². The molecule has 1 unspecified atom stereocenters.